The molecule has 0 radical (unpaired) electrons. The smallest absolute Gasteiger partial charge is 0.252 e. The van der Waals surface area contributed by atoms with Crippen LogP contribution >= 0.6 is 11.3 Å². The van der Waals surface area contributed by atoms with Gasteiger partial charge in [-0.05, 0) is 44.1 Å². The van der Waals surface area contributed by atoms with Crippen molar-refractivity contribution in [3.63, 3.8) is 0 Å². The summed E-state index contributed by atoms with van der Waals surface area (Å²) in [5.74, 6) is -0.167. The van der Waals surface area contributed by atoms with E-state index in [1.54, 1.807) is 17.5 Å². The van der Waals surface area contributed by atoms with Gasteiger partial charge in [0.2, 0.25) is 5.91 Å². The fourth-order valence-electron chi connectivity index (χ4n) is 3.67. The molecule has 0 spiro atoms. The first-order valence-corrected chi connectivity index (χ1v) is 11.3. The second-order valence-corrected chi connectivity index (χ2v) is 9.75. The van der Waals surface area contributed by atoms with Gasteiger partial charge >= 0.3 is 0 Å². The van der Waals surface area contributed by atoms with E-state index in [1.807, 2.05) is 11.8 Å². The summed E-state index contributed by atoms with van der Waals surface area (Å²) in [6.45, 7) is 4.77. The van der Waals surface area contributed by atoms with Gasteiger partial charge in [-0.2, -0.15) is 4.31 Å². The lowest BCUT2D eigenvalue weighted by molar-refractivity contribution is -0.140. The predicted molar refractivity (Wildman–Crippen MR) is 97.0 cm³/mol. The third-order valence-electron chi connectivity index (χ3n) is 4.91. The zero-order chi connectivity index (χ0) is 17.9. The number of hydrogen-bond donors (Lipinski definition) is 0. The van der Waals surface area contributed by atoms with Crippen LogP contribution in [0.2, 0.25) is 0 Å². The molecule has 2 unspecified atom stereocenters. The average molecular weight is 387 g/mol. The first-order chi connectivity index (χ1) is 12.0. The second-order valence-electron chi connectivity index (χ2n) is 6.64. The largest absolute Gasteiger partial charge is 0.377 e. The topological polar surface area (TPSA) is 66.9 Å². The Morgan fingerprint density at radius 1 is 1.28 bits per heavy atom. The zero-order valence-corrected chi connectivity index (χ0v) is 16.2. The first-order valence-electron chi connectivity index (χ1n) is 8.96. The normalized spacial score (nSPS) is 25.9. The van der Waals surface area contributed by atoms with Crippen molar-refractivity contribution >= 4 is 27.3 Å². The highest BCUT2D eigenvalue weighted by Crippen LogP contribution is 2.28. The Morgan fingerprint density at radius 3 is 2.80 bits per heavy atom. The second kappa shape index (κ2) is 8.16. The van der Waals surface area contributed by atoms with Gasteiger partial charge in [0, 0.05) is 32.8 Å². The number of rotatable bonds is 5. The minimum absolute atomic E-state index is 0.0792. The van der Waals surface area contributed by atoms with Gasteiger partial charge in [0.05, 0.1) is 12.0 Å². The molecule has 6 nitrogen and oxygen atoms in total. The molecule has 1 aromatic rings. The third kappa shape index (κ3) is 4.24. The molecule has 1 amide bonds. The Balaban J connectivity index is 1.66. The minimum atomic E-state index is -3.48. The zero-order valence-electron chi connectivity index (χ0n) is 14.6. The van der Waals surface area contributed by atoms with Crippen LogP contribution in [0, 0.1) is 5.92 Å². The number of hydrogen-bond acceptors (Lipinski definition) is 5. The lowest BCUT2D eigenvalue weighted by Crippen LogP contribution is -2.50. The molecule has 140 valence electrons. The average Bonchev–Trinajstić information content (AvgIpc) is 3.17. The van der Waals surface area contributed by atoms with Gasteiger partial charge in [0.15, 0.2) is 0 Å². The number of nitrogens with zero attached hydrogens (tertiary/aromatic N) is 2. The van der Waals surface area contributed by atoms with Crippen molar-refractivity contribution in [3.05, 3.63) is 17.5 Å². The van der Waals surface area contributed by atoms with E-state index in [1.165, 1.54) is 15.6 Å². The lowest BCUT2D eigenvalue weighted by Gasteiger charge is -2.37. The van der Waals surface area contributed by atoms with E-state index in [9.17, 15) is 13.2 Å². The summed E-state index contributed by atoms with van der Waals surface area (Å²) in [6, 6.07) is 3.37. The molecular weight excluding hydrogens is 360 g/mol. The molecule has 25 heavy (non-hydrogen) atoms. The van der Waals surface area contributed by atoms with Gasteiger partial charge in [0.25, 0.3) is 10.0 Å². The maximum atomic E-state index is 12.9. The van der Waals surface area contributed by atoms with Gasteiger partial charge in [-0.25, -0.2) is 8.42 Å². The highest BCUT2D eigenvalue weighted by Gasteiger charge is 2.36. The van der Waals surface area contributed by atoms with E-state index in [4.69, 9.17) is 4.74 Å². The number of sulfonamides is 1. The summed E-state index contributed by atoms with van der Waals surface area (Å²) >= 11 is 1.23. The van der Waals surface area contributed by atoms with Crippen LogP contribution in [0.4, 0.5) is 0 Å². The Morgan fingerprint density at radius 2 is 2.08 bits per heavy atom. The van der Waals surface area contributed by atoms with Crippen LogP contribution in [0.1, 0.15) is 32.6 Å². The van der Waals surface area contributed by atoms with Crippen LogP contribution in [0.3, 0.4) is 0 Å². The fraction of sp³-hybridized carbons (Fsp3) is 0.706. The van der Waals surface area contributed by atoms with Crippen molar-refractivity contribution in [2.75, 3.05) is 32.8 Å². The number of thiophene rings is 1. The number of likely N-dealkylation sites (tertiary alicyclic amines) is 1. The summed E-state index contributed by atoms with van der Waals surface area (Å²) < 4.78 is 33.0. The number of ether oxygens (including phenoxy) is 1. The molecule has 0 N–H and O–H groups in total. The van der Waals surface area contributed by atoms with Crippen LogP contribution in [0.15, 0.2) is 21.7 Å². The number of piperidine rings is 2. The molecule has 3 heterocycles. The standard InChI is InChI=1S/C17H26N2O4S2/c1-2-23-15-7-4-9-18(13-15)17(20)14-6-3-10-19(12-14)25(21,22)16-8-5-11-24-16/h5,8,11,14-15H,2-4,6-7,9-10,12-13H2,1H3. The van der Waals surface area contributed by atoms with E-state index >= 15 is 0 Å². The Labute approximate surface area is 153 Å². The van der Waals surface area contributed by atoms with Crippen LogP contribution < -0.4 is 0 Å². The number of amides is 1. The van der Waals surface area contributed by atoms with Gasteiger partial charge < -0.3 is 9.64 Å². The van der Waals surface area contributed by atoms with Crippen molar-refractivity contribution < 1.29 is 17.9 Å². The maximum Gasteiger partial charge on any atom is 0.252 e. The molecule has 2 aliphatic rings. The first kappa shape index (κ1) is 18.8. The van der Waals surface area contributed by atoms with Crippen molar-refractivity contribution in [1.82, 2.24) is 9.21 Å². The van der Waals surface area contributed by atoms with E-state index < -0.39 is 10.0 Å². The van der Waals surface area contributed by atoms with Crippen LogP contribution in [-0.2, 0) is 19.6 Å². The number of carbonyl (C=O) groups excluding carboxylic acids is 1. The maximum absolute atomic E-state index is 12.9. The highest BCUT2D eigenvalue weighted by atomic mass is 32.2. The predicted octanol–water partition coefficient (Wildman–Crippen LogP) is 2.18. The van der Waals surface area contributed by atoms with Gasteiger partial charge in [-0.15, -0.1) is 11.3 Å². The molecule has 2 aliphatic heterocycles. The van der Waals surface area contributed by atoms with E-state index in [0.29, 0.717) is 23.9 Å². The molecule has 1 aromatic heterocycles. The van der Waals surface area contributed by atoms with E-state index in [2.05, 4.69) is 0 Å². The Hall–Kier alpha value is -0.960. The molecule has 2 atom stereocenters. The van der Waals surface area contributed by atoms with Crippen molar-refractivity contribution in [1.29, 1.82) is 0 Å². The monoisotopic (exact) mass is 386 g/mol. The van der Waals surface area contributed by atoms with Crippen molar-refractivity contribution in [2.45, 2.75) is 42.9 Å². The molecule has 3 rings (SSSR count). The summed E-state index contributed by atoms with van der Waals surface area (Å²) in [7, 11) is -3.48. The van der Waals surface area contributed by atoms with Crippen molar-refractivity contribution in [2.24, 2.45) is 5.92 Å². The number of carbonyl (C=O) groups is 1. The lowest BCUT2D eigenvalue weighted by atomic mass is 9.96. The molecule has 2 saturated heterocycles. The highest BCUT2D eigenvalue weighted by molar-refractivity contribution is 7.91. The van der Waals surface area contributed by atoms with Crippen LogP contribution in [0.25, 0.3) is 0 Å². The fourth-order valence-corrected chi connectivity index (χ4v) is 6.34. The summed E-state index contributed by atoms with van der Waals surface area (Å²) in [5.41, 5.74) is 0. The Bertz CT molecular complexity index is 673. The van der Waals surface area contributed by atoms with Gasteiger partial charge in [-0.1, -0.05) is 6.07 Å². The SMILES string of the molecule is CCOC1CCCN(C(=O)C2CCCN(S(=O)(=O)c3cccs3)C2)C1. The molecule has 0 aliphatic carbocycles. The molecule has 8 heteroatoms. The van der Waals surface area contributed by atoms with Crippen LogP contribution in [-0.4, -0.2) is 62.4 Å². The van der Waals surface area contributed by atoms with E-state index in [-0.39, 0.29) is 24.5 Å². The molecule has 0 aromatic carbocycles. The molecule has 2 fully saturated rings. The van der Waals surface area contributed by atoms with Gasteiger partial charge in [0.1, 0.15) is 4.21 Å². The Kier molecular flexibility index (Phi) is 6.14. The quantitative estimate of drug-likeness (QED) is 0.778. The minimum Gasteiger partial charge on any atom is -0.377 e. The summed E-state index contributed by atoms with van der Waals surface area (Å²) in [4.78, 5) is 14.8. The summed E-state index contributed by atoms with van der Waals surface area (Å²) in [6.07, 6.45) is 3.52. The molecular formula is C17H26N2O4S2. The van der Waals surface area contributed by atoms with Gasteiger partial charge in [-0.3, -0.25) is 4.79 Å². The summed E-state index contributed by atoms with van der Waals surface area (Å²) in [5, 5.41) is 1.76. The van der Waals surface area contributed by atoms with Crippen molar-refractivity contribution in [3.8, 4) is 0 Å². The molecule has 0 saturated carbocycles. The van der Waals surface area contributed by atoms with E-state index in [0.717, 1.165) is 32.2 Å². The molecule has 0 bridgehead atoms. The third-order valence-corrected chi connectivity index (χ3v) is 8.15. The van der Waals surface area contributed by atoms with Crippen LogP contribution in [0.5, 0.6) is 0 Å².